The van der Waals surface area contributed by atoms with Gasteiger partial charge in [-0.05, 0) is 23.6 Å². The third kappa shape index (κ3) is 4.50. The summed E-state index contributed by atoms with van der Waals surface area (Å²) in [5.74, 6) is 0.567. The van der Waals surface area contributed by atoms with Crippen LogP contribution < -0.4 is 5.32 Å². The second-order valence-electron chi connectivity index (χ2n) is 4.39. The third-order valence-corrected chi connectivity index (χ3v) is 3.66. The lowest BCUT2D eigenvalue weighted by Crippen LogP contribution is -2.32. The van der Waals surface area contributed by atoms with Gasteiger partial charge in [-0.15, -0.1) is 11.6 Å². The molecule has 4 heteroatoms. The summed E-state index contributed by atoms with van der Waals surface area (Å²) < 4.78 is 0. The van der Waals surface area contributed by atoms with Crippen molar-refractivity contribution in [2.24, 2.45) is 0 Å². The van der Waals surface area contributed by atoms with E-state index in [-0.39, 0.29) is 6.04 Å². The van der Waals surface area contributed by atoms with Crippen LogP contribution in [0.15, 0.2) is 48.8 Å². The van der Waals surface area contributed by atoms with E-state index >= 15 is 0 Å². The fraction of sp³-hybridized carbons (Fsp3) is 0.267. The predicted octanol–water partition coefficient (Wildman–Crippen LogP) is 3.67. The Hall–Kier alpha value is -1.09. The van der Waals surface area contributed by atoms with Gasteiger partial charge in [0.2, 0.25) is 0 Å². The van der Waals surface area contributed by atoms with E-state index < -0.39 is 0 Å². The first-order valence-electron chi connectivity index (χ1n) is 6.21. The number of rotatable bonds is 6. The quantitative estimate of drug-likeness (QED) is 0.822. The molecule has 100 valence electrons. The monoisotopic (exact) mass is 294 g/mol. The Morgan fingerprint density at radius 2 is 1.95 bits per heavy atom. The van der Waals surface area contributed by atoms with E-state index in [1.807, 2.05) is 24.3 Å². The minimum absolute atomic E-state index is 0.230. The molecule has 2 nitrogen and oxygen atoms in total. The average Bonchev–Trinajstić information content (AvgIpc) is 2.46. The number of benzene rings is 1. The Morgan fingerprint density at radius 3 is 2.63 bits per heavy atom. The van der Waals surface area contributed by atoms with Crippen LogP contribution in [0.3, 0.4) is 0 Å². The Kier molecular flexibility index (Phi) is 5.64. The summed E-state index contributed by atoms with van der Waals surface area (Å²) in [4.78, 5) is 3.97. The summed E-state index contributed by atoms with van der Waals surface area (Å²) in [7, 11) is 0. The normalized spacial score (nSPS) is 12.3. The maximum Gasteiger partial charge on any atom is 0.0634 e. The zero-order valence-corrected chi connectivity index (χ0v) is 12.0. The SMILES string of the molecule is ClCC(Cc1ccccc1)NCc1ccncc1Cl. The summed E-state index contributed by atoms with van der Waals surface area (Å²) >= 11 is 12.1. The molecule has 0 saturated carbocycles. The molecule has 0 aliphatic carbocycles. The summed E-state index contributed by atoms with van der Waals surface area (Å²) in [5, 5.41) is 4.11. The number of halogens is 2. The molecule has 0 aliphatic rings. The second-order valence-corrected chi connectivity index (χ2v) is 5.10. The lowest BCUT2D eigenvalue weighted by Gasteiger charge is -2.16. The highest BCUT2D eigenvalue weighted by Crippen LogP contribution is 2.13. The molecule has 1 aromatic carbocycles. The van der Waals surface area contributed by atoms with E-state index in [4.69, 9.17) is 23.2 Å². The van der Waals surface area contributed by atoms with Crippen molar-refractivity contribution in [2.75, 3.05) is 5.88 Å². The zero-order chi connectivity index (χ0) is 13.5. The van der Waals surface area contributed by atoms with Crippen molar-refractivity contribution in [3.05, 3.63) is 64.9 Å². The van der Waals surface area contributed by atoms with E-state index in [0.29, 0.717) is 17.4 Å². The van der Waals surface area contributed by atoms with Crippen LogP contribution in [0.25, 0.3) is 0 Å². The largest absolute Gasteiger partial charge is 0.308 e. The molecule has 0 spiro atoms. The molecule has 2 rings (SSSR count). The molecular weight excluding hydrogens is 279 g/mol. The van der Waals surface area contributed by atoms with Crippen LogP contribution >= 0.6 is 23.2 Å². The van der Waals surface area contributed by atoms with Crippen molar-refractivity contribution in [1.29, 1.82) is 0 Å². The van der Waals surface area contributed by atoms with Crippen molar-refractivity contribution < 1.29 is 0 Å². The lowest BCUT2D eigenvalue weighted by molar-refractivity contribution is 0.550. The van der Waals surface area contributed by atoms with Gasteiger partial charge < -0.3 is 5.32 Å². The van der Waals surface area contributed by atoms with Crippen LogP contribution in [0.2, 0.25) is 5.02 Å². The van der Waals surface area contributed by atoms with Crippen LogP contribution in [0.5, 0.6) is 0 Å². The van der Waals surface area contributed by atoms with Gasteiger partial charge in [-0.2, -0.15) is 0 Å². The van der Waals surface area contributed by atoms with Crippen LogP contribution in [0.1, 0.15) is 11.1 Å². The smallest absolute Gasteiger partial charge is 0.0634 e. The highest BCUT2D eigenvalue weighted by molar-refractivity contribution is 6.31. The van der Waals surface area contributed by atoms with Crippen molar-refractivity contribution in [1.82, 2.24) is 10.3 Å². The Balaban J connectivity index is 1.91. The van der Waals surface area contributed by atoms with Crippen molar-refractivity contribution >= 4 is 23.2 Å². The molecule has 1 aromatic heterocycles. The molecule has 0 aliphatic heterocycles. The van der Waals surface area contributed by atoms with Gasteiger partial charge in [-0.1, -0.05) is 41.9 Å². The highest BCUT2D eigenvalue weighted by atomic mass is 35.5. The molecule has 0 radical (unpaired) electrons. The molecule has 1 atom stereocenters. The van der Waals surface area contributed by atoms with Crippen LogP contribution in [-0.4, -0.2) is 16.9 Å². The van der Waals surface area contributed by atoms with E-state index in [0.717, 1.165) is 12.0 Å². The Morgan fingerprint density at radius 1 is 1.16 bits per heavy atom. The standard InChI is InChI=1S/C15H16Cl2N2/c16-9-14(8-12-4-2-1-3-5-12)19-10-13-6-7-18-11-15(13)17/h1-7,11,14,19H,8-10H2. The third-order valence-electron chi connectivity index (χ3n) is 2.95. The number of hydrogen-bond donors (Lipinski definition) is 1. The average molecular weight is 295 g/mol. The van der Waals surface area contributed by atoms with Gasteiger partial charge in [-0.3, -0.25) is 4.98 Å². The minimum atomic E-state index is 0.230. The van der Waals surface area contributed by atoms with Crippen LogP contribution in [0, 0.1) is 0 Å². The molecule has 19 heavy (non-hydrogen) atoms. The molecule has 0 amide bonds. The first-order valence-corrected chi connectivity index (χ1v) is 7.12. The van der Waals surface area contributed by atoms with Crippen molar-refractivity contribution in [2.45, 2.75) is 19.0 Å². The van der Waals surface area contributed by atoms with Gasteiger partial charge >= 0.3 is 0 Å². The summed E-state index contributed by atoms with van der Waals surface area (Å²) in [5.41, 5.74) is 2.32. The molecule has 2 aromatic rings. The minimum Gasteiger partial charge on any atom is -0.308 e. The number of alkyl halides is 1. The summed E-state index contributed by atoms with van der Waals surface area (Å²) in [6.45, 7) is 0.700. The van der Waals surface area contributed by atoms with Gasteiger partial charge in [0.1, 0.15) is 0 Å². The fourth-order valence-corrected chi connectivity index (χ4v) is 2.29. The number of aromatic nitrogens is 1. The topological polar surface area (TPSA) is 24.9 Å². The lowest BCUT2D eigenvalue weighted by atomic mass is 10.1. The number of pyridine rings is 1. The molecule has 1 heterocycles. The molecule has 1 unspecified atom stereocenters. The summed E-state index contributed by atoms with van der Waals surface area (Å²) in [6, 6.07) is 12.5. The van der Waals surface area contributed by atoms with Gasteiger partial charge in [0.05, 0.1) is 5.02 Å². The van der Waals surface area contributed by atoms with Crippen molar-refractivity contribution in [3.63, 3.8) is 0 Å². The van der Waals surface area contributed by atoms with E-state index in [9.17, 15) is 0 Å². The maximum atomic E-state index is 6.08. The number of nitrogens with one attached hydrogen (secondary N) is 1. The first kappa shape index (κ1) is 14.3. The molecule has 0 saturated heterocycles. The molecule has 0 bridgehead atoms. The van der Waals surface area contributed by atoms with Gasteiger partial charge in [0.15, 0.2) is 0 Å². The molecule has 0 fully saturated rings. The van der Waals surface area contributed by atoms with Crippen LogP contribution in [0.4, 0.5) is 0 Å². The Labute approximate surface area is 123 Å². The summed E-state index contributed by atoms with van der Waals surface area (Å²) in [6.07, 6.45) is 4.31. The van der Waals surface area contributed by atoms with Crippen LogP contribution in [-0.2, 0) is 13.0 Å². The fourth-order valence-electron chi connectivity index (χ4n) is 1.88. The highest BCUT2D eigenvalue weighted by Gasteiger charge is 2.09. The Bertz CT molecular complexity index is 503. The molecular formula is C15H16Cl2N2. The van der Waals surface area contributed by atoms with Gasteiger partial charge in [0, 0.05) is 30.9 Å². The van der Waals surface area contributed by atoms with Gasteiger partial charge in [-0.25, -0.2) is 0 Å². The maximum absolute atomic E-state index is 6.08. The number of nitrogens with zero attached hydrogens (tertiary/aromatic N) is 1. The zero-order valence-electron chi connectivity index (χ0n) is 10.5. The van der Waals surface area contributed by atoms with Crippen molar-refractivity contribution in [3.8, 4) is 0 Å². The van der Waals surface area contributed by atoms with E-state index in [2.05, 4.69) is 22.4 Å². The molecule has 1 N–H and O–H groups in total. The van der Waals surface area contributed by atoms with Gasteiger partial charge in [0.25, 0.3) is 0 Å². The number of hydrogen-bond acceptors (Lipinski definition) is 2. The van der Waals surface area contributed by atoms with E-state index in [1.165, 1.54) is 5.56 Å². The second kappa shape index (κ2) is 7.49. The van der Waals surface area contributed by atoms with E-state index in [1.54, 1.807) is 12.4 Å². The first-order chi connectivity index (χ1) is 9.29. The predicted molar refractivity (Wildman–Crippen MR) is 80.7 cm³/mol.